The van der Waals surface area contributed by atoms with Gasteiger partial charge in [0.1, 0.15) is 51.4 Å². The summed E-state index contributed by atoms with van der Waals surface area (Å²) in [7, 11) is -4.23. The quantitative estimate of drug-likeness (QED) is 0.269. The smallest absolute Gasteiger partial charge is 0.375 e. The zero-order valence-electron chi connectivity index (χ0n) is 31.9. The van der Waals surface area contributed by atoms with Gasteiger partial charge in [0.15, 0.2) is 40.8 Å². The highest BCUT2D eigenvalue weighted by Crippen LogP contribution is 2.52. The van der Waals surface area contributed by atoms with Gasteiger partial charge in [-0.3, -0.25) is 18.8 Å². The van der Waals surface area contributed by atoms with Crippen molar-refractivity contribution in [2.75, 3.05) is 19.8 Å². The van der Waals surface area contributed by atoms with E-state index < -0.39 is 15.0 Å². The third-order valence-electron chi connectivity index (χ3n) is 14.3. The molecule has 0 amide bonds. The lowest BCUT2D eigenvalue weighted by molar-refractivity contribution is 0.0618. The molecule has 19 heteroatoms. The van der Waals surface area contributed by atoms with E-state index in [0.717, 1.165) is 24.7 Å². The third kappa shape index (κ3) is 4.62. The van der Waals surface area contributed by atoms with Gasteiger partial charge in [0.25, 0.3) is 0 Å². The van der Waals surface area contributed by atoms with E-state index in [2.05, 4.69) is 19.4 Å². The highest BCUT2D eigenvalue weighted by molar-refractivity contribution is 6.68. The van der Waals surface area contributed by atoms with Crippen molar-refractivity contribution in [1.82, 2.24) is 49.3 Å². The first kappa shape index (κ1) is 33.0. The Morgan fingerprint density at radius 2 is 1.31 bits per heavy atom. The van der Waals surface area contributed by atoms with Gasteiger partial charge in [-0.15, -0.1) is 0 Å². The number of rotatable bonds is 6. The Labute approximate surface area is 338 Å². The molecule has 4 aliphatic carbocycles. The number of hydrogen-bond acceptors (Lipinski definition) is 17. The van der Waals surface area contributed by atoms with Crippen molar-refractivity contribution in [3.63, 3.8) is 0 Å². The van der Waals surface area contributed by atoms with Gasteiger partial charge < -0.3 is 19.5 Å². The highest BCUT2D eigenvalue weighted by Gasteiger charge is 2.63. The van der Waals surface area contributed by atoms with Crippen molar-refractivity contribution >= 4 is 66.9 Å². The van der Waals surface area contributed by atoms with E-state index in [1.54, 1.807) is 37.2 Å². The molecule has 10 aliphatic rings. The molecule has 7 unspecified atom stereocenters. The molecular formula is C40H38N16O2Si. The SMILES string of the molecule is C1=NC2=C(NC1)/C1=N/c3c4nccnc4c4n3[Si](OCC3CC5CCC3C5)(OCC3CC5CCC3C5)N3/C(=N\C2=N1)c1nccnc1C3NC1=N/C(=N\4)c2nccnc21. The minimum atomic E-state index is -4.23. The number of fused-ring (bicyclic) bond motifs is 17. The summed E-state index contributed by atoms with van der Waals surface area (Å²) >= 11 is 0. The van der Waals surface area contributed by atoms with Crippen LogP contribution in [0.3, 0.4) is 0 Å². The van der Waals surface area contributed by atoms with Crippen LogP contribution in [0.1, 0.15) is 80.3 Å². The van der Waals surface area contributed by atoms with Crippen LogP contribution in [0.4, 0.5) is 11.6 Å². The van der Waals surface area contributed by atoms with Crippen LogP contribution < -0.4 is 10.6 Å². The Balaban J connectivity index is 1.10. The van der Waals surface area contributed by atoms with Crippen LogP contribution in [0, 0.1) is 35.5 Å². The van der Waals surface area contributed by atoms with Gasteiger partial charge in [-0.05, 0) is 74.0 Å². The van der Waals surface area contributed by atoms with E-state index in [0.29, 0.717) is 129 Å². The zero-order valence-corrected chi connectivity index (χ0v) is 32.9. The first-order valence-electron chi connectivity index (χ1n) is 20.9. The first-order chi connectivity index (χ1) is 29.2. The molecule has 18 nitrogen and oxygen atoms in total. The Morgan fingerprint density at radius 3 is 2.00 bits per heavy atom. The number of nitrogens with zero attached hydrogens (tertiary/aromatic N) is 14. The van der Waals surface area contributed by atoms with Crippen molar-refractivity contribution in [3.8, 4) is 0 Å². The Bertz CT molecular complexity index is 2740. The molecule has 10 heterocycles. The standard InChI is InChI=1S/C40H38N16O2Si/c1-3-21-13-19(1)15-23(21)17-57-59(58-18-24-16-20-2-4-22(24)14-20)55-37-29-30(46-10-9-45-29)39(55)53-35-27-28(44-8-7-43-27)36(50-35)54-40-32-31(47-11-12-48-32)38(56(40)59)52-34-26-25(33(49-34)51-37)41-5-6-42-26/h5-7,9-12,19-24,37,44H,1-4,8,13-18H2,(H,49,51,52)/b53-39-,54-36-. The summed E-state index contributed by atoms with van der Waals surface area (Å²) in [5.41, 5.74) is 4.66. The molecule has 0 aromatic carbocycles. The molecule has 4 aromatic rings. The molecular weight excluding hydrogens is 765 g/mol. The summed E-state index contributed by atoms with van der Waals surface area (Å²) in [6, 6.07) is 0. The average Bonchev–Trinajstić information content (AvgIpc) is 4.17. The van der Waals surface area contributed by atoms with Crippen LogP contribution in [0.5, 0.6) is 0 Å². The molecule has 10 bridgehead atoms. The van der Waals surface area contributed by atoms with Crippen molar-refractivity contribution in [3.05, 3.63) is 71.4 Å². The molecule has 7 atom stereocenters. The number of nitrogens with one attached hydrogen (secondary N) is 2. The second-order valence-electron chi connectivity index (χ2n) is 17.4. The average molecular weight is 803 g/mol. The number of hydrogen-bond donors (Lipinski definition) is 2. The monoisotopic (exact) mass is 802 g/mol. The maximum Gasteiger partial charge on any atom is 0.599 e. The molecule has 0 spiro atoms. The van der Waals surface area contributed by atoms with Crippen molar-refractivity contribution in [1.29, 1.82) is 0 Å². The molecule has 294 valence electrons. The first-order valence-corrected chi connectivity index (χ1v) is 22.7. The van der Waals surface area contributed by atoms with Gasteiger partial charge in [0, 0.05) is 56.6 Å². The van der Waals surface area contributed by atoms with Crippen molar-refractivity contribution in [2.45, 2.75) is 57.5 Å². The van der Waals surface area contributed by atoms with E-state index in [-0.39, 0.29) is 0 Å². The van der Waals surface area contributed by atoms with Crippen LogP contribution in [0.25, 0.3) is 11.0 Å². The van der Waals surface area contributed by atoms with E-state index >= 15 is 0 Å². The van der Waals surface area contributed by atoms with Gasteiger partial charge in [-0.2, -0.15) is 0 Å². The van der Waals surface area contributed by atoms with Crippen LogP contribution >= 0.6 is 0 Å². The Morgan fingerprint density at radius 1 is 0.644 bits per heavy atom. The fourth-order valence-electron chi connectivity index (χ4n) is 11.7. The summed E-state index contributed by atoms with van der Waals surface area (Å²) in [6.07, 6.45) is 21.0. The van der Waals surface area contributed by atoms with Gasteiger partial charge in [-0.1, -0.05) is 12.8 Å². The molecule has 14 rings (SSSR count). The number of aromatic nitrogens is 7. The van der Waals surface area contributed by atoms with Gasteiger partial charge in [0.05, 0.1) is 6.54 Å². The molecule has 4 fully saturated rings. The van der Waals surface area contributed by atoms with Crippen molar-refractivity contribution < 1.29 is 8.85 Å². The van der Waals surface area contributed by atoms with Crippen LogP contribution in [-0.4, -0.2) is 103 Å². The second-order valence-corrected chi connectivity index (χ2v) is 20.0. The van der Waals surface area contributed by atoms with Gasteiger partial charge in [0.2, 0.25) is 0 Å². The minimum absolute atomic E-state index is 0.373. The maximum absolute atomic E-state index is 7.87. The molecule has 0 radical (unpaired) electrons. The predicted octanol–water partition coefficient (Wildman–Crippen LogP) is 3.74. The molecule has 4 aromatic heterocycles. The fraction of sp³-hybridized carbons (Fsp3) is 0.450. The van der Waals surface area contributed by atoms with Gasteiger partial charge in [-0.25, -0.2) is 49.9 Å². The largest absolute Gasteiger partial charge is 0.599 e. The zero-order chi connectivity index (χ0) is 38.4. The van der Waals surface area contributed by atoms with Crippen LogP contribution in [0.15, 0.2) is 78.5 Å². The lowest BCUT2D eigenvalue weighted by Crippen LogP contribution is -2.68. The van der Waals surface area contributed by atoms with Crippen LogP contribution in [0.2, 0.25) is 0 Å². The lowest BCUT2D eigenvalue weighted by Gasteiger charge is -2.44. The molecule has 2 N–H and O–H groups in total. The number of aliphatic imine (C=N–C) groups is 6. The van der Waals surface area contributed by atoms with E-state index in [1.165, 1.54) is 38.5 Å². The van der Waals surface area contributed by atoms with E-state index in [1.807, 2.05) is 6.21 Å². The molecule has 59 heavy (non-hydrogen) atoms. The van der Waals surface area contributed by atoms with Gasteiger partial charge >= 0.3 is 8.88 Å². The summed E-state index contributed by atoms with van der Waals surface area (Å²) in [5.74, 6) is 6.55. The maximum atomic E-state index is 7.87. The van der Waals surface area contributed by atoms with Crippen LogP contribution in [-0.2, 0) is 8.85 Å². The lowest BCUT2D eigenvalue weighted by atomic mass is 9.90. The molecule has 6 aliphatic heterocycles. The molecule has 4 saturated carbocycles. The number of amidine groups is 5. The Hall–Kier alpha value is -5.92. The highest BCUT2D eigenvalue weighted by atomic mass is 28.4. The topological polar surface area (TPSA) is 202 Å². The van der Waals surface area contributed by atoms with Crippen molar-refractivity contribution in [2.24, 2.45) is 65.5 Å². The summed E-state index contributed by atoms with van der Waals surface area (Å²) in [5, 5.41) is 7.25. The summed E-state index contributed by atoms with van der Waals surface area (Å²) in [6.45, 7) is 1.50. The van der Waals surface area contributed by atoms with E-state index in [9.17, 15) is 0 Å². The normalized spacial score (nSPS) is 34.9. The van der Waals surface area contributed by atoms with E-state index in [4.69, 9.17) is 68.7 Å². The minimum Gasteiger partial charge on any atom is -0.375 e. The summed E-state index contributed by atoms with van der Waals surface area (Å²) < 4.78 is 20.0. The third-order valence-corrected chi connectivity index (χ3v) is 17.4. The second kappa shape index (κ2) is 12.1. The summed E-state index contributed by atoms with van der Waals surface area (Å²) in [4.78, 5) is 60.8. The Kier molecular flexibility index (Phi) is 6.75. The fourth-order valence-corrected chi connectivity index (χ4v) is 15.2. The predicted molar refractivity (Wildman–Crippen MR) is 218 cm³/mol. The molecule has 0 saturated heterocycles.